The Hall–Kier alpha value is -0.780. The molecule has 2 atom stereocenters. The number of nitrogens with one attached hydrogen (secondary N) is 1. The molecule has 0 aromatic heterocycles. The van der Waals surface area contributed by atoms with Crippen LogP contribution < -0.4 is 14.8 Å². The molecular formula is C15H19BrN2O2. The van der Waals surface area contributed by atoms with E-state index in [1.165, 1.54) is 31.7 Å². The Balaban J connectivity index is 1.51. The molecule has 5 heteroatoms. The highest BCUT2D eigenvalue weighted by molar-refractivity contribution is 9.10. The van der Waals surface area contributed by atoms with Gasteiger partial charge in [0.15, 0.2) is 11.5 Å². The fourth-order valence-corrected chi connectivity index (χ4v) is 4.00. The molecule has 1 N–H and O–H groups in total. The molecule has 0 amide bonds. The highest BCUT2D eigenvalue weighted by Gasteiger charge is 2.36. The van der Waals surface area contributed by atoms with Gasteiger partial charge in [-0.2, -0.15) is 0 Å². The minimum Gasteiger partial charge on any atom is -0.486 e. The smallest absolute Gasteiger partial charge is 0.162 e. The summed E-state index contributed by atoms with van der Waals surface area (Å²) < 4.78 is 12.4. The van der Waals surface area contributed by atoms with Crippen molar-refractivity contribution in [2.24, 2.45) is 11.8 Å². The first-order chi connectivity index (χ1) is 9.79. The summed E-state index contributed by atoms with van der Waals surface area (Å²) in [6.45, 7) is 7.06. The summed E-state index contributed by atoms with van der Waals surface area (Å²) in [6.07, 6.45) is 0. The molecular weight excluding hydrogens is 320 g/mol. The van der Waals surface area contributed by atoms with Gasteiger partial charge in [-0.15, -0.1) is 0 Å². The van der Waals surface area contributed by atoms with Crippen LogP contribution in [0.2, 0.25) is 0 Å². The van der Waals surface area contributed by atoms with Crippen molar-refractivity contribution < 1.29 is 9.47 Å². The number of hydrogen-bond acceptors (Lipinski definition) is 4. The molecule has 2 unspecified atom stereocenters. The Morgan fingerprint density at radius 2 is 1.75 bits per heavy atom. The molecule has 3 aliphatic heterocycles. The third-order valence-corrected chi connectivity index (χ3v) is 5.31. The number of benzene rings is 1. The van der Waals surface area contributed by atoms with Gasteiger partial charge in [0, 0.05) is 24.1 Å². The second kappa shape index (κ2) is 5.20. The lowest BCUT2D eigenvalue weighted by molar-refractivity contribution is 0.171. The van der Waals surface area contributed by atoms with Crippen LogP contribution in [0.5, 0.6) is 11.5 Å². The molecule has 0 saturated carbocycles. The van der Waals surface area contributed by atoms with E-state index in [1.807, 2.05) is 6.07 Å². The standard InChI is InChI=1S/C15H19BrN2O2/c16-13-4-15-14(19-1-2-20-15)3-10(13)7-18-8-11-5-17-6-12(11)9-18/h3-4,11-12,17H,1-2,5-9H2. The van der Waals surface area contributed by atoms with Crippen LogP contribution >= 0.6 is 15.9 Å². The van der Waals surface area contributed by atoms with E-state index in [0.717, 1.165) is 34.4 Å². The fraction of sp³-hybridized carbons (Fsp3) is 0.600. The highest BCUT2D eigenvalue weighted by Crippen LogP contribution is 2.37. The molecule has 2 saturated heterocycles. The summed E-state index contributed by atoms with van der Waals surface area (Å²) in [5.74, 6) is 3.42. The first kappa shape index (κ1) is 12.9. The van der Waals surface area contributed by atoms with E-state index < -0.39 is 0 Å². The quantitative estimate of drug-likeness (QED) is 0.892. The normalized spacial score (nSPS) is 28.6. The monoisotopic (exact) mass is 338 g/mol. The number of hydrogen-bond donors (Lipinski definition) is 1. The first-order valence-electron chi connectivity index (χ1n) is 7.30. The molecule has 3 heterocycles. The van der Waals surface area contributed by atoms with Gasteiger partial charge in [-0.05, 0) is 42.6 Å². The van der Waals surface area contributed by atoms with Crippen LogP contribution in [0.4, 0.5) is 0 Å². The van der Waals surface area contributed by atoms with Crippen LogP contribution in [0.3, 0.4) is 0 Å². The molecule has 2 fully saturated rings. The molecule has 0 bridgehead atoms. The summed E-state index contributed by atoms with van der Waals surface area (Å²) in [7, 11) is 0. The van der Waals surface area contributed by atoms with E-state index in [-0.39, 0.29) is 0 Å². The maximum absolute atomic E-state index is 5.68. The summed E-state index contributed by atoms with van der Waals surface area (Å²) in [5, 5.41) is 3.49. The topological polar surface area (TPSA) is 33.7 Å². The maximum Gasteiger partial charge on any atom is 0.162 e. The zero-order valence-electron chi connectivity index (χ0n) is 11.4. The van der Waals surface area contributed by atoms with Crippen LogP contribution in [-0.2, 0) is 6.54 Å². The Kier molecular flexibility index (Phi) is 3.36. The van der Waals surface area contributed by atoms with Crippen molar-refractivity contribution in [3.8, 4) is 11.5 Å². The van der Waals surface area contributed by atoms with E-state index in [0.29, 0.717) is 13.2 Å². The van der Waals surface area contributed by atoms with Crippen molar-refractivity contribution in [1.82, 2.24) is 10.2 Å². The fourth-order valence-electron chi connectivity index (χ4n) is 3.55. The number of ether oxygens (including phenoxy) is 2. The van der Waals surface area contributed by atoms with E-state index in [9.17, 15) is 0 Å². The SMILES string of the molecule is Brc1cc2c(cc1CN1CC3CNCC3C1)OCCO2. The van der Waals surface area contributed by atoms with Crippen molar-refractivity contribution in [2.45, 2.75) is 6.54 Å². The van der Waals surface area contributed by atoms with Crippen molar-refractivity contribution in [1.29, 1.82) is 0 Å². The number of nitrogens with zero attached hydrogens (tertiary/aromatic N) is 1. The molecule has 0 radical (unpaired) electrons. The van der Waals surface area contributed by atoms with Crippen molar-refractivity contribution in [3.05, 3.63) is 22.2 Å². The van der Waals surface area contributed by atoms with Crippen LogP contribution in [0.25, 0.3) is 0 Å². The van der Waals surface area contributed by atoms with Crippen LogP contribution in [0.1, 0.15) is 5.56 Å². The molecule has 1 aromatic rings. The number of likely N-dealkylation sites (tertiary alicyclic amines) is 1. The summed E-state index contributed by atoms with van der Waals surface area (Å²) in [4.78, 5) is 2.56. The van der Waals surface area contributed by atoms with E-state index in [2.05, 4.69) is 32.2 Å². The average Bonchev–Trinajstić information content (AvgIpc) is 3.00. The number of rotatable bonds is 2. The first-order valence-corrected chi connectivity index (χ1v) is 8.10. The zero-order valence-corrected chi connectivity index (χ0v) is 13.0. The molecule has 20 heavy (non-hydrogen) atoms. The summed E-state index contributed by atoms with van der Waals surface area (Å²) in [5.41, 5.74) is 1.29. The van der Waals surface area contributed by atoms with Gasteiger partial charge in [0.2, 0.25) is 0 Å². The van der Waals surface area contributed by atoms with Crippen molar-refractivity contribution in [2.75, 3.05) is 39.4 Å². The molecule has 4 nitrogen and oxygen atoms in total. The minimum absolute atomic E-state index is 0.640. The predicted octanol–water partition coefficient (Wildman–Crippen LogP) is 1.87. The highest BCUT2D eigenvalue weighted by atomic mass is 79.9. The Morgan fingerprint density at radius 3 is 2.45 bits per heavy atom. The minimum atomic E-state index is 0.640. The number of halogens is 1. The van der Waals surface area contributed by atoms with Gasteiger partial charge in [0.25, 0.3) is 0 Å². The lowest BCUT2D eigenvalue weighted by Crippen LogP contribution is -2.25. The van der Waals surface area contributed by atoms with Gasteiger partial charge < -0.3 is 14.8 Å². The molecule has 0 aliphatic carbocycles. The summed E-state index contributed by atoms with van der Waals surface area (Å²) >= 11 is 3.67. The van der Waals surface area contributed by atoms with Crippen LogP contribution in [0.15, 0.2) is 16.6 Å². The second-order valence-electron chi connectivity index (χ2n) is 5.96. The van der Waals surface area contributed by atoms with Crippen molar-refractivity contribution in [3.63, 3.8) is 0 Å². The molecule has 0 spiro atoms. The summed E-state index contributed by atoms with van der Waals surface area (Å²) in [6, 6.07) is 4.17. The lowest BCUT2D eigenvalue weighted by Gasteiger charge is -2.22. The van der Waals surface area contributed by atoms with Gasteiger partial charge in [-0.3, -0.25) is 4.90 Å². The molecule has 1 aromatic carbocycles. The third-order valence-electron chi connectivity index (χ3n) is 4.57. The van der Waals surface area contributed by atoms with Gasteiger partial charge in [-0.25, -0.2) is 0 Å². The van der Waals surface area contributed by atoms with Gasteiger partial charge in [-0.1, -0.05) is 15.9 Å². The third kappa shape index (κ3) is 2.32. The maximum atomic E-state index is 5.68. The Morgan fingerprint density at radius 1 is 1.10 bits per heavy atom. The molecule has 3 aliphatic rings. The van der Waals surface area contributed by atoms with E-state index in [1.54, 1.807) is 0 Å². The second-order valence-corrected chi connectivity index (χ2v) is 6.81. The van der Waals surface area contributed by atoms with Gasteiger partial charge in [0.05, 0.1) is 0 Å². The Labute approximate surface area is 127 Å². The predicted molar refractivity (Wildman–Crippen MR) is 80.3 cm³/mol. The largest absolute Gasteiger partial charge is 0.486 e. The van der Waals surface area contributed by atoms with E-state index in [4.69, 9.17) is 9.47 Å². The van der Waals surface area contributed by atoms with Gasteiger partial charge in [0.1, 0.15) is 13.2 Å². The molecule has 108 valence electrons. The number of fused-ring (bicyclic) bond motifs is 2. The zero-order chi connectivity index (χ0) is 13.5. The Bertz CT molecular complexity index is 511. The lowest BCUT2D eigenvalue weighted by atomic mass is 10.0. The average molecular weight is 339 g/mol. The van der Waals surface area contributed by atoms with Crippen LogP contribution in [0, 0.1) is 11.8 Å². The van der Waals surface area contributed by atoms with E-state index >= 15 is 0 Å². The van der Waals surface area contributed by atoms with Gasteiger partial charge >= 0.3 is 0 Å². The van der Waals surface area contributed by atoms with Crippen molar-refractivity contribution >= 4 is 15.9 Å². The van der Waals surface area contributed by atoms with Crippen LogP contribution in [-0.4, -0.2) is 44.3 Å². The molecule has 4 rings (SSSR count).